The fourth-order valence-electron chi connectivity index (χ4n) is 2.73. The zero-order valence-corrected chi connectivity index (χ0v) is 13.2. The molecule has 4 rings (SSSR count). The van der Waals surface area contributed by atoms with E-state index in [0.29, 0.717) is 6.67 Å². The molecule has 0 spiro atoms. The van der Waals surface area contributed by atoms with Crippen molar-refractivity contribution in [2.45, 2.75) is 0 Å². The van der Waals surface area contributed by atoms with Gasteiger partial charge in [0.25, 0.3) is 0 Å². The molecule has 0 saturated carbocycles. The van der Waals surface area contributed by atoms with Gasteiger partial charge in [0.15, 0.2) is 0 Å². The highest BCUT2D eigenvalue weighted by Crippen LogP contribution is 2.24. The number of guanidine groups is 1. The molecule has 3 aromatic rings. The summed E-state index contributed by atoms with van der Waals surface area (Å²) in [6.07, 6.45) is 0. The van der Waals surface area contributed by atoms with Crippen molar-refractivity contribution in [1.29, 1.82) is 0 Å². The van der Waals surface area contributed by atoms with E-state index >= 15 is 0 Å². The van der Waals surface area contributed by atoms with Gasteiger partial charge in [-0.05, 0) is 36.4 Å². The Labute approximate surface area is 141 Å². The van der Waals surface area contributed by atoms with Gasteiger partial charge in [-0.1, -0.05) is 54.6 Å². The molecule has 1 N–H and O–H groups in total. The smallest absolute Gasteiger partial charge is 0.227 e. The fourth-order valence-corrected chi connectivity index (χ4v) is 2.73. The van der Waals surface area contributed by atoms with Crippen molar-refractivity contribution in [2.75, 3.05) is 16.6 Å². The molecule has 0 bridgehead atoms. The number of rotatable bonds is 3. The maximum Gasteiger partial charge on any atom is 0.227 e. The van der Waals surface area contributed by atoms with Crippen molar-refractivity contribution < 1.29 is 0 Å². The van der Waals surface area contributed by atoms with Crippen LogP contribution in [0.5, 0.6) is 0 Å². The van der Waals surface area contributed by atoms with Crippen molar-refractivity contribution >= 4 is 23.0 Å². The summed E-state index contributed by atoms with van der Waals surface area (Å²) in [5, 5.41) is 2.03. The maximum absolute atomic E-state index is 4.88. The fraction of sp³-hybridized carbons (Fsp3) is 0.0500. The van der Waals surface area contributed by atoms with E-state index in [0.717, 1.165) is 23.0 Å². The maximum atomic E-state index is 4.88. The van der Waals surface area contributed by atoms with Crippen LogP contribution in [0.1, 0.15) is 0 Å². The lowest BCUT2D eigenvalue weighted by atomic mass is 10.3. The van der Waals surface area contributed by atoms with E-state index in [1.807, 2.05) is 71.7 Å². The quantitative estimate of drug-likeness (QED) is 0.787. The van der Waals surface area contributed by atoms with E-state index in [4.69, 9.17) is 4.99 Å². The molecular formula is C20H18N4. The molecule has 24 heavy (non-hydrogen) atoms. The average Bonchev–Trinajstić information content (AvgIpc) is 3.07. The molecule has 1 fully saturated rings. The third-order valence-corrected chi connectivity index (χ3v) is 3.90. The summed E-state index contributed by atoms with van der Waals surface area (Å²) in [6, 6.07) is 30.5. The molecule has 0 atom stereocenters. The number of hydrazine groups is 1. The Morgan fingerprint density at radius 3 is 1.83 bits per heavy atom. The number of nitrogens with one attached hydrogen (secondary N) is 1. The van der Waals surface area contributed by atoms with Crippen LogP contribution < -0.4 is 15.3 Å². The average molecular weight is 314 g/mol. The highest BCUT2D eigenvalue weighted by molar-refractivity contribution is 6.09. The van der Waals surface area contributed by atoms with Gasteiger partial charge in [0.05, 0.1) is 18.0 Å². The Balaban J connectivity index is 1.77. The molecule has 0 radical (unpaired) electrons. The molecule has 0 unspecified atom stereocenters. The van der Waals surface area contributed by atoms with Crippen LogP contribution in [0.3, 0.4) is 0 Å². The number of aliphatic imine (C=N–C) groups is 1. The van der Waals surface area contributed by atoms with Crippen LogP contribution in [0, 0.1) is 0 Å². The third kappa shape index (κ3) is 2.87. The van der Waals surface area contributed by atoms with Crippen molar-refractivity contribution in [1.82, 2.24) is 5.43 Å². The van der Waals surface area contributed by atoms with E-state index in [-0.39, 0.29) is 0 Å². The van der Waals surface area contributed by atoms with Gasteiger partial charge < -0.3 is 0 Å². The number of anilines is 2. The molecule has 118 valence electrons. The SMILES string of the molecule is c1ccc(N=C2N(c3ccccc3)CNN2c2ccccc2)cc1. The van der Waals surface area contributed by atoms with E-state index < -0.39 is 0 Å². The molecule has 3 aromatic carbocycles. The summed E-state index contributed by atoms with van der Waals surface area (Å²) in [5.74, 6) is 0.860. The predicted molar refractivity (Wildman–Crippen MR) is 99.4 cm³/mol. The molecule has 1 heterocycles. The van der Waals surface area contributed by atoms with Crippen LogP contribution in [-0.2, 0) is 0 Å². The molecular weight excluding hydrogens is 296 g/mol. The number of para-hydroxylation sites is 3. The van der Waals surface area contributed by atoms with Gasteiger partial charge >= 0.3 is 0 Å². The van der Waals surface area contributed by atoms with E-state index in [9.17, 15) is 0 Å². The summed E-state index contributed by atoms with van der Waals surface area (Å²) in [4.78, 5) is 7.05. The minimum Gasteiger partial charge on any atom is -0.296 e. The van der Waals surface area contributed by atoms with Gasteiger partial charge in [-0.15, -0.1) is 0 Å². The topological polar surface area (TPSA) is 30.9 Å². The number of nitrogens with zero attached hydrogens (tertiary/aromatic N) is 3. The van der Waals surface area contributed by atoms with Gasteiger partial charge in [0, 0.05) is 5.69 Å². The van der Waals surface area contributed by atoms with Gasteiger partial charge in [0.2, 0.25) is 5.96 Å². The van der Waals surface area contributed by atoms with Crippen LogP contribution in [-0.4, -0.2) is 12.6 Å². The first kappa shape index (κ1) is 14.5. The van der Waals surface area contributed by atoms with Crippen molar-refractivity contribution in [3.8, 4) is 0 Å². The lowest BCUT2D eigenvalue weighted by molar-refractivity contribution is 0.806. The Morgan fingerprint density at radius 2 is 1.21 bits per heavy atom. The molecule has 0 aromatic heterocycles. The zero-order valence-electron chi connectivity index (χ0n) is 13.2. The lowest BCUT2D eigenvalue weighted by Crippen LogP contribution is -2.36. The Hall–Kier alpha value is -3.11. The highest BCUT2D eigenvalue weighted by Gasteiger charge is 2.28. The van der Waals surface area contributed by atoms with E-state index in [2.05, 4.69) is 34.6 Å². The summed E-state index contributed by atoms with van der Waals surface area (Å²) in [7, 11) is 0. The van der Waals surface area contributed by atoms with Gasteiger partial charge in [-0.2, -0.15) is 0 Å². The van der Waals surface area contributed by atoms with Crippen LogP contribution in [0.2, 0.25) is 0 Å². The van der Waals surface area contributed by atoms with Gasteiger partial charge in [0.1, 0.15) is 0 Å². The normalized spacial score (nSPS) is 15.9. The standard InChI is InChI=1S/C20H18N4/c1-4-10-17(11-5-1)22-20-23(18-12-6-2-7-13-18)16-21-24(20)19-14-8-3-9-15-19/h1-15,21H,16H2. The predicted octanol–water partition coefficient (Wildman–Crippen LogP) is 4.16. The molecule has 4 heteroatoms. The second kappa shape index (κ2) is 6.56. The number of hydrogen-bond donors (Lipinski definition) is 1. The highest BCUT2D eigenvalue weighted by atomic mass is 15.7. The molecule has 0 amide bonds. The van der Waals surface area contributed by atoms with Crippen molar-refractivity contribution in [3.63, 3.8) is 0 Å². The summed E-state index contributed by atoms with van der Waals surface area (Å²) >= 11 is 0. The van der Waals surface area contributed by atoms with Crippen LogP contribution >= 0.6 is 0 Å². The summed E-state index contributed by atoms with van der Waals surface area (Å²) < 4.78 is 0. The summed E-state index contributed by atoms with van der Waals surface area (Å²) in [6.45, 7) is 0.671. The van der Waals surface area contributed by atoms with E-state index in [1.165, 1.54) is 0 Å². The Morgan fingerprint density at radius 1 is 0.667 bits per heavy atom. The van der Waals surface area contributed by atoms with Crippen LogP contribution in [0.15, 0.2) is 96.0 Å². The van der Waals surface area contributed by atoms with Crippen molar-refractivity contribution in [3.05, 3.63) is 91.0 Å². The summed E-state index contributed by atoms with van der Waals surface area (Å²) in [5.41, 5.74) is 6.52. The molecule has 1 aliphatic rings. The number of hydrogen-bond acceptors (Lipinski definition) is 2. The minimum absolute atomic E-state index is 0.671. The zero-order chi connectivity index (χ0) is 16.2. The first-order valence-corrected chi connectivity index (χ1v) is 7.97. The first-order chi connectivity index (χ1) is 11.9. The molecule has 4 nitrogen and oxygen atoms in total. The van der Waals surface area contributed by atoms with E-state index in [1.54, 1.807) is 0 Å². The molecule has 0 aliphatic carbocycles. The third-order valence-electron chi connectivity index (χ3n) is 3.90. The van der Waals surface area contributed by atoms with Gasteiger partial charge in [-0.25, -0.2) is 15.4 Å². The second-order valence-corrected chi connectivity index (χ2v) is 5.50. The Kier molecular flexibility index (Phi) is 3.96. The van der Waals surface area contributed by atoms with Gasteiger partial charge in [-0.3, -0.25) is 4.90 Å². The monoisotopic (exact) mass is 314 g/mol. The second-order valence-electron chi connectivity index (χ2n) is 5.50. The lowest BCUT2D eigenvalue weighted by Gasteiger charge is -2.22. The Bertz CT molecular complexity index is 767. The van der Waals surface area contributed by atoms with Crippen LogP contribution in [0.4, 0.5) is 17.1 Å². The van der Waals surface area contributed by atoms with Crippen LogP contribution in [0.25, 0.3) is 0 Å². The van der Waals surface area contributed by atoms with Crippen molar-refractivity contribution in [2.24, 2.45) is 4.99 Å². The molecule has 1 saturated heterocycles. The largest absolute Gasteiger partial charge is 0.296 e. The molecule has 1 aliphatic heterocycles. The first-order valence-electron chi connectivity index (χ1n) is 7.97. The number of benzene rings is 3. The minimum atomic E-state index is 0.671.